The van der Waals surface area contributed by atoms with E-state index >= 15 is 0 Å². The molecule has 0 fully saturated rings. The molecular weight excluding hydrogens is 829 g/mol. The van der Waals surface area contributed by atoms with E-state index in [0.29, 0.717) is 19.3 Å². The van der Waals surface area contributed by atoms with E-state index in [0.717, 1.165) is 96.3 Å². The van der Waals surface area contributed by atoms with E-state index < -0.39 is 6.10 Å². The summed E-state index contributed by atoms with van der Waals surface area (Å²) in [4.78, 5) is 38.0. The maximum Gasteiger partial charge on any atom is 0.306 e. The third-order valence-electron chi connectivity index (χ3n) is 11.0. The van der Waals surface area contributed by atoms with Crippen molar-refractivity contribution in [3.63, 3.8) is 0 Å². The Hall–Kier alpha value is -4.19. The minimum atomic E-state index is -0.832. The molecular formula is C61H98O6. The lowest BCUT2D eigenvalue weighted by atomic mass is 10.0. The molecule has 6 nitrogen and oxygen atoms in total. The van der Waals surface area contributed by atoms with Gasteiger partial charge in [0.25, 0.3) is 0 Å². The summed E-state index contributed by atoms with van der Waals surface area (Å²) >= 11 is 0. The highest BCUT2D eigenvalue weighted by molar-refractivity contribution is 5.71. The van der Waals surface area contributed by atoms with Gasteiger partial charge in [-0.25, -0.2) is 0 Å². The first-order chi connectivity index (χ1) is 33.0. The molecule has 378 valence electrons. The van der Waals surface area contributed by atoms with Crippen molar-refractivity contribution in [2.45, 2.75) is 232 Å². The highest BCUT2D eigenvalue weighted by atomic mass is 16.6. The van der Waals surface area contributed by atoms with E-state index in [1.165, 1.54) is 77.0 Å². The Morgan fingerprint density at radius 3 is 0.910 bits per heavy atom. The molecule has 6 heteroatoms. The van der Waals surface area contributed by atoms with Crippen LogP contribution in [-0.4, -0.2) is 37.2 Å². The molecule has 0 aromatic rings. The molecule has 0 aliphatic heterocycles. The number of unbranched alkanes of at least 4 members (excludes halogenated alkanes) is 16. The van der Waals surface area contributed by atoms with Crippen molar-refractivity contribution in [2.24, 2.45) is 0 Å². The van der Waals surface area contributed by atoms with Crippen molar-refractivity contribution in [1.29, 1.82) is 0 Å². The molecule has 0 N–H and O–H groups in total. The molecule has 0 aliphatic carbocycles. The SMILES string of the molecule is CC/C=C/C/C=C/C/C=C/C/C=C/C/C=C/CCCC(=O)OC[C@@H](COC(=O)CCCCCCCCCCCCCCCCC)OC(=O)CCC/C=C/C/C=C/C/C=C/C/C=C/C/C=C/CC. The normalized spacial score (nSPS) is 13.1. The summed E-state index contributed by atoms with van der Waals surface area (Å²) in [7, 11) is 0. The average molecular weight is 927 g/mol. The standard InChI is InChI=1S/C61H98O6/c1-4-7-10-13-16-19-22-25-28-30-33-36-39-42-45-48-51-54-60(63)66-57-58(56-65-59(62)53-50-47-44-41-38-35-32-27-24-21-18-15-12-9-6-3)67-61(64)55-52-49-46-43-40-37-34-31-29-26-23-20-17-14-11-8-5-2/h7-8,10-11,16-17,19-20,25-26,28-29,33-34,36-37,42-43,45-46,58H,4-6,9,12-15,18,21-24,27,30-32,35,38-41,44,47-57H2,1-3H3/b10-7+,11-8+,19-16+,20-17+,28-25+,29-26+,36-33+,37-34+,45-42+,46-43+/t58-/m1/s1. The van der Waals surface area contributed by atoms with Gasteiger partial charge in [0.2, 0.25) is 0 Å². The Labute approximate surface area is 412 Å². The summed E-state index contributed by atoms with van der Waals surface area (Å²) < 4.78 is 16.7. The number of allylic oxidation sites excluding steroid dienone is 20. The molecule has 0 aromatic carbocycles. The van der Waals surface area contributed by atoms with E-state index in [-0.39, 0.29) is 44.0 Å². The van der Waals surface area contributed by atoms with Gasteiger partial charge in [0.15, 0.2) is 6.10 Å². The number of esters is 3. The smallest absolute Gasteiger partial charge is 0.306 e. The second-order valence-corrected chi connectivity index (χ2v) is 17.4. The van der Waals surface area contributed by atoms with Crippen LogP contribution in [0, 0.1) is 0 Å². The highest BCUT2D eigenvalue weighted by Crippen LogP contribution is 2.14. The molecule has 67 heavy (non-hydrogen) atoms. The first kappa shape index (κ1) is 62.8. The number of carbonyl (C=O) groups is 3. The van der Waals surface area contributed by atoms with Gasteiger partial charge >= 0.3 is 17.9 Å². The molecule has 0 radical (unpaired) electrons. The third-order valence-corrected chi connectivity index (χ3v) is 11.0. The fourth-order valence-corrected chi connectivity index (χ4v) is 6.98. The fraction of sp³-hybridized carbons (Fsp3) is 0.623. The van der Waals surface area contributed by atoms with Gasteiger partial charge in [0.1, 0.15) is 13.2 Å². The lowest BCUT2D eigenvalue weighted by Crippen LogP contribution is -2.30. The predicted octanol–water partition coefficient (Wildman–Crippen LogP) is 18.1. The molecule has 0 rings (SSSR count). The Bertz CT molecular complexity index is 1440. The van der Waals surface area contributed by atoms with Crippen LogP contribution >= 0.6 is 0 Å². The average Bonchev–Trinajstić information content (AvgIpc) is 3.33. The lowest BCUT2D eigenvalue weighted by Gasteiger charge is -2.18. The molecule has 0 saturated carbocycles. The molecule has 0 amide bonds. The van der Waals surface area contributed by atoms with Crippen LogP contribution in [0.5, 0.6) is 0 Å². The summed E-state index contributed by atoms with van der Waals surface area (Å²) in [6.07, 6.45) is 74.8. The maximum atomic E-state index is 12.8. The molecule has 0 unspecified atom stereocenters. The van der Waals surface area contributed by atoms with Crippen LogP contribution in [-0.2, 0) is 28.6 Å². The van der Waals surface area contributed by atoms with Crippen LogP contribution in [0.3, 0.4) is 0 Å². The molecule has 0 saturated heterocycles. The van der Waals surface area contributed by atoms with Crippen molar-refractivity contribution in [2.75, 3.05) is 13.2 Å². The van der Waals surface area contributed by atoms with Crippen molar-refractivity contribution in [3.05, 3.63) is 122 Å². The van der Waals surface area contributed by atoms with Gasteiger partial charge in [-0.3, -0.25) is 14.4 Å². The first-order valence-corrected chi connectivity index (χ1v) is 27.0. The van der Waals surface area contributed by atoms with Gasteiger partial charge in [-0.15, -0.1) is 0 Å². The van der Waals surface area contributed by atoms with Crippen molar-refractivity contribution in [3.8, 4) is 0 Å². The number of hydrogen-bond donors (Lipinski definition) is 0. The van der Waals surface area contributed by atoms with Crippen LogP contribution in [0.15, 0.2) is 122 Å². The van der Waals surface area contributed by atoms with Crippen LogP contribution in [0.25, 0.3) is 0 Å². The Morgan fingerprint density at radius 2 is 0.582 bits per heavy atom. The quantitative estimate of drug-likeness (QED) is 0.0262. The summed E-state index contributed by atoms with van der Waals surface area (Å²) in [5.74, 6) is -1.04. The van der Waals surface area contributed by atoms with E-state index in [1.807, 2.05) is 0 Å². The summed E-state index contributed by atoms with van der Waals surface area (Å²) in [5.41, 5.74) is 0. The summed E-state index contributed by atoms with van der Waals surface area (Å²) in [5, 5.41) is 0. The minimum Gasteiger partial charge on any atom is -0.462 e. The van der Waals surface area contributed by atoms with E-state index in [2.05, 4.69) is 142 Å². The second-order valence-electron chi connectivity index (χ2n) is 17.4. The molecule has 0 spiro atoms. The van der Waals surface area contributed by atoms with Gasteiger partial charge < -0.3 is 14.2 Å². The fourth-order valence-electron chi connectivity index (χ4n) is 6.98. The zero-order valence-corrected chi connectivity index (χ0v) is 43.1. The number of carbonyl (C=O) groups excluding carboxylic acids is 3. The number of rotatable bonds is 47. The Morgan fingerprint density at radius 1 is 0.313 bits per heavy atom. The van der Waals surface area contributed by atoms with E-state index in [1.54, 1.807) is 0 Å². The van der Waals surface area contributed by atoms with Crippen molar-refractivity contribution in [1.82, 2.24) is 0 Å². The van der Waals surface area contributed by atoms with Crippen LogP contribution in [0.4, 0.5) is 0 Å². The van der Waals surface area contributed by atoms with Gasteiger partial charge in [0.05, 0.1) is 0 Å². The predicted molar refractivity (Wildman–Crippen MR) is 288 cm³/mol. The summed E-state index contributed by atoms with van der Waals surface area (Å²) in [6.45, 7) is 6.31. The van der Waals surface area contributed by atoms with Gasteiger partial charge in [-0.05, 0) is 96.3 Å². The Kier molecular flexibility index (Phi) is 51.0. The molecule has 0 heterocycles. The summed E-state index contributed by atoms with van der Waals surface area (Å²) in [6, 6.07) is 0. The number of hydrogen-bond acceptors (Lipinski definition) is 6. The molecule has 0 bridgehead atoms. The van der Waals surface area contributed by atoms with Gasteiger partial charge in [0, 0.05) is 19.3 Å². The van der Waals surface area contributed by atoms with E-state index in [4.69, 9.17) is 14.2 Å². The second kappa shape index (κ2) is 54.4. The zero-order chi connectivity index (χ0) is 48.6. The molecule has 0 aromatic heterocycles. The zero-order valence-electron chi connectivity index (χ0n) is 43.1. The van der Waals surface area contributed by atoms with Crippen LogP contribution in [0.2, 0.25) is 0 Å². The first-order valence-electron chi connectivity index (χ1n) is 27.0. The van der Waals surface area contributed by atoms with Crippen LogP contribution < -0.4 is 0 Å². The largest absolute Gasteiger partial charge is 0.462 e. The number of ether oxygens (including phenoxy) is 3. The maximum absolute atomic E-state index is 12.8. The van der Waals surface area contributed by atoms with Crippen LogP contribution in [0.1, 0.15) is 226 Å². The van der Waals surface area contributed by atoms with Crippen molar-refractivity contribution >= 4 is 17.9 Å². The Balaban J connectivity index is 4.58. The van der Waals surface area contributed by atoms with Gasteiger partial charge in [-0.2, -0.15) is 0 Å². The third kappa shape index (κ3) is 52.6. The molecule has 1 atom stereocenters. The molecule has 0 aliphatic rings. The monoisotopic (exact) mass is 927 g/mol. The minimum absolute atomic E-state index is 0.120. The lowest BCUT2D eigenvalue weighted by molar-refractivity contribution is -0.167. The van der Waals surface area contributed by atoms with Crippen molar-refractivity contribution < 1.29 is 28.6 Å². The van der Waals surface area contributed by atoms with E-state index in [9.17, 15) is 14.4 Å². The highest BCUT2D eigenvalue weighted by Gasteiger charge is 2.19. The van der Waals surface area contributed by atoms with Gasteiger partial charge in [-0.1, -0.05) is 232 Å². The topological polar surface area (TPSA) is 78.9 Å².